The van der Waals surface area contributed by atoms with Crippen LogP contribution in [0.4, 0.5) is 22.0 Å². The average Bonchev–Trinajstić information content (AvgIpc) is 4.09. The SMILES string of the molecule is CS(=O)(=O)N(Cc1cccc(C(=O)O[C@@H](Cc2c(Cl)c[n+]([O-])cc2Cl)c2ccc(OC(F)F)c(OCC3CC3)c2)c1)C(C(=O)O[C@H]1CN2CCC1CC2)c1ccccc1.O=C(O)C(F)(F)F. The zero-order valence-electron chi connectivity index (χ0n) is 35.0. The Morgan fingerprint density at radius 2 is 1.58 bits per heavy atom. The summed E-state index contributed by atoms with van der Waals surface area (Å²) < 4.78 is 110. The number of benzene rings is 3. The molecule has 4 aliphatic rings. The van der Waals surface area contributed by atoms with Crippen LogP contribution in [0.1, 0.15) is 70.4 Å². The van der Waals surface area contributed by atoms with Crippen molar-refractivity contribution in [3.05, 3.63) is 128 Å². The first kappa shape index (κ1) is 50.1. The van der Waals surface area contributed by atoms with Gasteiger partial charge in [-0.3, -0.25) is 4.90 Å². The van der Waals surface area contributed by atoms with Crippen molar-refractivity contribution in [2.75, 3.05) is 32.5 Å². The second kappa shape index (κ2) is 21.6. The number of hydrogen-bond acceptors (Lipinski definition) is 11. The zero-order chi connectivity index (χ0) is 47.9. The first-order valence-corrected chi connectivity index (χ1v) is 23.1. The first-order valence-electron chi connectivity index (χ1n) is 20.5. The number of aromatic nitrogens is 1. The van der Waals surface area contributed by atoms with E-state index in [9.17, 15) is 45.2 Å². The summed E-state index contributed by atoms with van der Waals surface area (Å²) in [6, 6.07) is 17.5. The van der Waals surface area contributed by atoms with Crippen molar-refractivity contribution < 1.29 is 73.5 Å². The van der Waals surface area contributed by atoms with Gasteiger partial charge in [0, 0.05) is 25.1 Å². The van der Waals surface area contributed by atoms with E-state index in [4.69, 9.17) is 52.1 Å². The van der Waals surface area contributed by atoms with Gasteiger partial charge in [0.05, 0.1) is 18.4 Å². The van der Waals surface area contributed by atoms with Gasteiger partial charge in [-0.15, -0.1) is 0 Å². The Morgan fingerprint density at radius 3 is 2.14 bits per heavy atom. The number of halogens is 7. The van der Waals surface area contributed by atoms with Crippen LogP contribution < -0.4 is 14.2 Å². The van der Waals surface area contributed by atoms with E-state index in [1.54, 1.807) is 42.5 Å². The molecule has 0 spiro atoms. The second-order valence-corrected chi connectivity index (χ2v) is 18.7. The largest absolute Gasteiger partial charge is 0.619 e. The molecule has 1 saturated carbocycles. The molecular weight excluding hydrogens is 944 g/mol. The number of alkyl halides is 5. The molecule has 1 aromatic heterocycles. The summed E-state index contributed by atoms with van der Waals surface area (Å²) in [4.78, 5) is 39.2. The van der Waals surface area contributed by atoms with Gasteiger partial charge in [-0.05, 0) is 91.6 Å². The second-order valence-electron chi connectivity index (χ2n) is 16.0. The number of hydrogen-bond donors (Lipinski definition) is 1. The molecule has 1 unspecified atom stereocenters. The zero-order valence-corrected chi connectivity index (χ0v) is 37.4. The number of carboxylic acid groups (broad SMARTS) is 1. The van der Waals surface area contributed by atoms with E-state index in [0.717, 1.165) is 61.7 Å². The molecule has 356 valence electrons. The van der Waals surface area contributed by atoms with Gasteiger partial charge in [-0.25, -0.2) is 22.8 Å². The minimum Gasteiger partial charge on any atom is -0.619 e. The molecule has 0 radical (unpaired) electrons. The Balaban J connectivity index is 0.000000952. The Bertz CT molecular complexity index is 2450. The molecule has 14 nitrogen and oxygen atoms in total. The number of carbonyl (C=O) groups excluding carboxylic acids is 2. The number of rotatable bonds is 17. The minimum absolute atomic E-state index is 0.000676. The smallest absolute Gasteiger partial charge is 0.490 e. The Hall–Kier alpha value is -5.28. The molecule has 3 aliphatic heterocycles. The third kappa shape index (κ3) is 13.6. The van der Waals surface area contributed by atoms with Crippen LogP contribution in [0.15, 0.2) is 85.2 Å². The highest BCUT2D eigenvalue weighted by molar-refractivity contribution is 7.88. The van der Waals surface area contributed by atoms with Crippen LogP contribution >= 0.6 is 23.2 Å². The highest BCUT2D eigenvalue weighted by Crippen LogP contribution is 2.39. The molecule has 0 amide bonds. The molecule has 3 aromatic carbocycles. The number of aliphatic carboxylic acids is 1. The summed E-state index contributed by atoms with van der Waals surface area (Å²) in [5.74, 6) is -4.00. The molecule has 1 N–H and O–H groups in total. The number of pyridine rings is 1. The number of carbonyl (C=O) groups is 3. The monoisotopic (exact) mass is 987 g/mol. The van der Waals surface area contributed by atoms with Crippen molar-refractivity contribution in [3.8, 4) is 11.5 Å². The number of esters is 2. The van der Waals surface area contributed by atoms with E-state index < -0.39 is 52.9 Å². The van der Waals surface area contributed by atoms with Gasteiger partial charge < -0.3 is 29.3 Å². The van der Waals surface area contributed by atoms with Gasteiger partial charge >= 0.3 is 30.7 Å². The van der Waals surface area contributed by atoms with Crippen LogP contribution in [0.2, 0.25) is 10.0 Å². The van der Waals surface area contributed by atoms with E-state index in [1.165, 1.54) is 30.3 Å². The average molecular weight is 989 g/mol. The lowest BCUT2D eigenvalue weighted by atomic mass is 9.86. The lowest BCUT2D eigenvalue weighted by molar-refractivity contribution is -0.605. The molecular formula is C44H44Cl2F5N3O11S. The van der Waals surface area contributed by atoms with Gasteiger partial charge in [-0.2, -0.15) is 31.0 Å². The normalized spacial score (nSPS) is 19.0. The molecule has 4 aromatic rings. The van der Waals surface area contributed by atoms with E-state index in [1.807, 2.05) is 0 Å². The van der Waals surface area contributed by atoms with Crippen LogP contribution in [0.5, 0.6) is 11.5 Å². The van der Waals surface area contributed by atoms with Crippen LogP contribution in [-0.2, 0) is 42.1 Å². The number of ether oxygens (including phenoxy) is 4. The van der Waals surface area contributed by atoms with Crippen LogP contribution in [-0.4, -0.2) is 92.0 Å². The predicted octanol–water partition coefficient (Wildman–Crippen LogP) is 7.93. The maximum Gasteiger partial charge on any atom is 0.490 e. The predicted molar refractivity (Wildman–Crippen MR) is 227 cm³/mol. The third-order valence-corrected chi connectivity index (χ3v) is 12.9. The van der Waals surface area contributed by atoms with E-state index in [2.05, 4.69) is 4.90 Å². The van der Waals surface area contributed by atoms with Crippen LogP contribution in [0.25, 0.3) is 0 Å². The Labute approximate surface area is 386 Å². The molecule has 3 saturated heterocycles. The number of carboxylic acids is 1. The van der Waals surface area contributed by atoms with Crippen LogP contribution in [0.3, 0.4) is 0 Å². The van der Waals surface area contributed by atoms with Crippen molar-refractivity contribution in [1.29, 1.82) is 0 Å². The van der Waals surface area contributed by atoms with Gasteiger partial charge in [0.25, 0.3) is 0 Å². The molecule has 2 bridgehead atoms. The lowest BCUT2D eigenvalue weighted by Gasteiger charge is -2.44. The molecule has 3 atom stereocenters. The number of fused-ring (bicyclic) bond motifs is 3. The number of nitrogens with zero attached hydrogens (tertiary/aromatic N) is 3. The van der Waals surface area contributed by atoms with E-state index in [0.29, 0.717) is 28.0 Å². The van der Waals surface area contributed by atoms with Gasteiger partial charge in [0.15, 0.2) is 23.9 Å². The Kier molecular flexibility index (Phi) is 16.4. The summed E-state index contributed by atoms with van der Waals surface area (Å²) in [6.07, 6.45) is 0.143. The van der Waals surface area contributed by atoms with E-state index in [-0.39, 0.29) is 70.2 Å². The molecule has 4 heterocycles. The molecule has 22 heteroatoms. The minimum atomic E-state index is -5.08. The Morgan fingerprint density at radius 1 is 0.924 bits per heavy atom. The standard InChI is InChI=1S/C42H43Cl2F2N3O9S.C2HF3O2/c1-59(53,54)49(39(29-7-3-2-4-8-29)41(51)57-38-24-47-16-14-28(38)15-17-47)21-27-6-5-9-31(18-27)40(50)56-36(20-32-33(43)22-48(52)23-34(32)44)30-12-13-35(58-42(45)46)37(19-30)55-25-26-10-11-26;3-2(4,5)1(6)7/h2-9,12-13,18-19,22-23,26,28,36,38-39,42H,10-11,14-17,20-21,24-25H2,1H3;(H,6,7)/t36-,38-,39?;/m0./s1. The summed E-state index contributed by atoms with van der Waals surface area (Å²) in [5.41, 5.74) is 1.44. The van der Waals surface area contributed by atoms with Gasteiger partial charge in [0.2, 0.25) is 10.0 Å². The van der Waals surface area contributed by atoms with Crippen LogP contribution in [0, 0.1) is 17.0 Å². The maximum atomic E-state index is 14.1. The fourth-order valence-corrected chi connectivity index (χ4v) is 9.12. The maximum absolute atomic E-state index is 14.1. The number of piperidine rings is 3. The van der Waals surface area contributed by atoms with E-state index >= 15 is 0 Å². The highest BCUT2D eigenvalue weighted by atomic mass is 35.5. The lowest BCUT2D eigenvalue weighted by Crippen LogP contribution is -2.52. The summed E-state index contributed by atoms with van der Waals surface area (Å²) in [6.45, 7) is -0.690. The summed E-state index contributed by atoms with van der Waals surface area (Å²) >= 11 is 12.9. The first-order chi connectivity index (χ1) is 31.2. The fraction of sp³-hybridized carbons (Fsp3) is 0.409. The highest BCUT2D eigenvalue weighted by Gasteiger charge is 2.41. The summed E-state index contributed by atoms with van der Waals surface area (Å²) in [5, 5.41) is 19.2. The van der Waals surface area contributed by atoms with Gasteiger partial charge in [0.1, 0.15) is 28.3 Å². The molecule has 66 heavy (non-hydrogen) atoms. The van der Waals surface area contributed by atoms with Crippen molar-refractivity contribution in [1.82, 2.24) is 9.21 Å². The molecule has 1 aliphatic carbocycles. The molecule has 4 fully saturated rings. The fourth-order valence-electron chi connectivity index (χ4n) is 7.55. The summed E-state index contributed by atoms with van der Waals surface area (Å²) in [7, 11) is -4.07. The molecule has 8 rings (SSSR count). The topological polar surface area (TPSA) is 176 Å². The quantitative estimate of drug-likeness (QED) is 0.0469. The van der Waals surface area contributed by atoms with Crippen molar-refractivity contribution >= 4 is 51.1 Å². The van der Waals surface area contributed by atoms with Crippen molar-refractivity contribution in [3.63, 3.8) is 0 Å². The van der Waals surface area contributed by atoms with Gasteiger partial charge in [-0.1, -0.05) is 71.7 Å². The third-order valence-electron chi connectivity index (χ3n) is 11.1. The van der Waals surface area contributed by atoms with Crippen molar-refractivity contribution in [2.24, 2.45) is 11.8 Å². The number of sulfonamides is 1. The van der Waals surface area contributed by atoms with Crippen molar-refractivity contribution in [2.45, 2.75) is 69.7 Å².